The summed E-state index contributed by atoms with van der Waals surface area (Å²) in [5.74, 6) is -0.107. The number of carbonyl (C=O) groups excluding carboxylic acids is 1. The largest absolute Gasteiger partial charge is 0.505 e. The van der Waals surface area contributed by atoms with E-state index in [4.69, 9.17) is 10.5 Å². The molecule has 5 heteroatoms. The summed E-state index contributed by atoms with van der Waals surface area (Å²) in [4.78, 5) is 13.6. The van der Waals surface area contributed by atoms with Crippen LogP contribution in [0.2, 0.25) is 0 Å². The number of benzene rings is 1. The first kappa shape index (κ1) is 12.7. The summed E-state index contributed by atoms with van der Waals surface area (Å²) >= 11 is 0. The fourth-order valence-corrected chi connectivity index (χ4v) is 2.38. The number of nitrogen functional groups attached to an aromatic ring is 1. The molecular formula is C13H18N2O3. The molecular weight excluding hydrogens is 232 g/mol. The molecule has 98 valence electrons. The molecule has 0 amide bonds. The van der Waals surface area contributed by atoms with E-state index in [2.05, 4.69) is 0 Å². The van der Waals surface area contributed by atoms with Crippen molar-refractivity contribution in [1.82, 2.24) is 4.90 Å². The van der Waals surface area contributed by atoms with Gasteiger partial charge in [0.1, 0.15) is 11.8 Å². The van der Waals surface area contributed by atoms with Gasteiger partial charge in [-0.3, -0.25) is 9.69 Å². The fraction of sp³-hybridized carbons (Fsp3) is 0.462. The Hall–Kier alpha value is -1.75. The molecule has 1 aromatic rings. The first-order chi connectivity index (χ1) is 8.63. The van der Waals surface area contributed by atoms with Crippen LogP contribution in [0.1, 0.15) is 18.4 Å². The highest BCUT2D eigenvalue weighted by molar-refractivity contribution is 5.76. The molecule has 0 bridgehead atoms. The second kappa shape index (κ2) is 5.27. The Bertz CT molecular complexity index is 448. The fourth-order valence-electron chi connectivity index (χ4n) is 2.38. The zero-order valence-corrected chi connectivity index (χ0v) is 10.4. The van der Waals surface area contributed by atoms with E-state index < -0.39 is 0 Å². The second-order valence-corrected chi connectivity index (χ2v) is 4.51. The molecule has 5 nitrogen and oxygen atoms in total. The van der Waals surface area contributed by atoms with Crippen molar-refractivity contribution in [3.05, 3.63) is 23.8 Å². The quantitative estimate of drug-likeness (QED) is 0.477. The van der Waals surface area contributed by atoms with Gasteiger partial charge in [0.15, 0.2) is 0 Å². The number of phenolic OH excluding ortho intramolecular Hbond substituents is 1. The SMILES string of the molecule is COC(=O)C1CCCN1Cc1cccc(N)c1O. The van der Waals surface area contributed by atoms with Gasteiger partial charge in [-0.15, -0.1) is 0 Å². The monoisotopic (exact) mass is 250 g/mol. The van der Waals surface area contributed by atoms with Crippen LogP contribution in [0.25, 0.3) is 0 Å². The maximum atomic E-state index is 11.6. The van der Waals surface area contributed by atoms with E-state index in [0.29, 0.717) is 12.2 Å². The third-order valence-corrected chi connectivity index (χ3v) is 3.36. The smallest absolute Gasteiger partial charge is 0.323 e. The number of carbonyl (C=O) groups is 1. The van der Waals surface area contributed by atoms with E-state index in [0.717, 1.165) is 24.9 Å². The zero-order valence-electron chi connectivity index (χ0n) is 10.4. The highest BCUT2D eigenvalue weighted by Gasteiger charge is 2.31. The standard InChI is InChI=1S/C13H18N2O3/c1-18-13(17)11-6-3-7-15(11)8-9-4-2-5-10(14)12(9)16/h2,4-5,11,16H,3,6-8,14H2,1H3. The molecule has 3 N–H and O–H groups in total. The van der Waals surface area contributed by atoms with Crippen LogP contribution in [-0.2, 0) is 16.1 Å². The van der Waals surface area contributed by atoms with Crippen LogP contribution < -0.4 is 5.73 Å². The third-order valence-electron chi connectivity index (χ3n) is 3.36. The molecule has 2 rings (SSSR count). The van der Waals surface area contributed by atoms with E-state index >= 15 is 0 Å². The van der Waals surface area contributed by atoms with E-state index in [1.165, 1.54) is 7.11 Å². The Morgan fingerprint density at radius 1 is 1.61 bits per heavy atom. The molecule has 1 heterocycles. The Labute approximate surface area is 106 Å². The summed E-state index contributed by atoms with van der Waals surface area (Å²) < 4.78 is 4.79. The third kappa shape index (κ3) is 2.41. The molecule has 0 aromatic heterocycles. The summed E-state index contributed by atoms with van der Waals surface area (Å²) in [5, 5.41) is 9.87. The van der Waals surface area contributed by atoms with Crippen molar-refractivity contribution in [2.75, 3.05) is 19.4 Å². The van der Waals surface area contributed by atoms with Crippen LogP contribution in [-0.4, -0.2) is 35.7 Å². The highest BCUT2D eigenvalue weighted by Crippen LogP contribution is 2.28. The number of nitrogens with zero attached hydrogens (tertiary/aromatic N) is 1. The topological polar surface area (TPSA) is 75.8 Å². The zero-order chi connectivity index (χ0) is 13.1. The van der Waals surface area contributed by atoms with Gasteiger partial charge in [-0.25, -0.2) is 0 Å². The van der Waals surface area contributed by atoms with Gasteiger partial charge in [0, 0.05) is 12.1 Å². The molecule has 1 atom stereocenters. The van der Waals surface area contributed by atoms with Crippen LogP contribution in [0.5, 0.6) is 5.75 Å². The van der Waals surface area contributed by atoms with Crippen molar-refractivity contribution >= 4 is 11.7 Å². The molecule has 0 saturated carbocycles. The van der Waals surface area contributed by atoms with Gasteiger partial charge in [0.2, 0.25) is 0 Å². The number of hydrogen-bond acceptors (Lipinski definition) is 5. The maximum Gasteiger partial charge on any atom is 0.323 e. The molecule has 1 fully saturated rings. The van der Waals surface area contributed by atoms with E-state index in [-0.39, 0.29) is 17.8 Å². The lowest BCUT2D eigenvalue weighted by Gasteiger charge is -2.22. The van der Waals surface area contributed by atoms with Crippen molar-refractivity contribution < 1.29 is 14.6 Å². The predicted octanol–water partition coefficient (Wildman–Crippen LogP) is 1.11. The second-order valence-electron chi connectivity index (χ2n) is 4.51. The van der Waals surface area contributed by atoms with Crippen molar-refractivity contribution in [2.24, 2.45) is 0 Å². The number of hydrogen-bond donors (Lipinski definition) is 2. The lowest BCUT2D eigenvalue weighted by Crippen LogP contribution is -2.36. The van der Waals surface area contributed by atoms with Gasteiger partial charge in [-0.1, -0.05) is 12.1 Å². The van der Waals surface area contributed by atoms with E-state index in [1.54, 1.807) is 12.1 Å². The van der Waals surface area contributed by atoms with Gasteiger partial charge >= 0.3 is 5.97 Å². The average Bonchev–Trinajstić information content (AvgIpc) is 2.82. The Balaban J connectivity index is 2.13. The van der Waals surface area contributed by atoms with Crippen LogP contribution >= 0.6 is 0 Å². The molecule has 1 aliphatic heterocycles. The minimum Gasteiger partial charge on any atom is -0.505 e. The lowest BCUT2D eigenvalue weighted by atomic mass is 10.1. The van der Waals surface area contributed by atoms with Crippen molar-refractivity contribution in [3.63, 3.8) is 0 Å². The molecule has 1 unspecified atom stereocenters. The van der Waals surface area contributed by atoms with Gasteiger partial charge in [0.25, 0.3) is 0 Å². The summed E-state index contributed by atoms with van der Waals surface area (Å²) in [7, 11) is 1.40. The van der Waals surface area contributed by atoms with E-state index in [9.17, 15) is 9.90 Å². The van der Waals surface area contributed by atoms with Crippen molar-refractivity contribution in [2.45, 2.75) is 25.4 Å². The number of para-hydroxylation sites is 1. The molecule has 18 heavy (non-hydrogen) atoms. The van der Waals surface area contributed by atoms with Gasteiger partial charge in [-0.2, -0.15) is 0 Å². The van der Waals surface area contributed by atoms with E-state index in [1.807, 2.05) is 11.0 Å². The average molecular weight is 250 g/mol. The van der Waals surface area contributed by atoms with Crippen LogP contribution in [0.15, 0.2) is 18.2 Å². The number of nitrogens with two attached hydrogens (primary N) is 1. The highest BCUT2D eigenvalue weighted by atomic mass is 16.5. The Morgan fingerprint density at radius 2 is 2.39 bits per heavy atom. The minimum atomic E-state index is -0.212. The summed E-state index contributed by atoms with van der Waals surface area (Å²) in [6, 6.07) is 5.06. The number of anilines is 1. The van der Waals surface area contributed by atoms with Crippen LogP contribution in [0, 0.1) is 0 Å². The number of methoxy groups -OCH3 is 1. The molecule has 0 spiro atoms. The van der Waals surface area contributed by atoms with Crippen LogP contribution in [0.4, 0.5) is 5.69 Å². The van der Waals surface area contributed by atoms with Crippen molar-refractivity contribution in [1.29, 1.82) is 0 Å². The molecule has 1 saturated heterocycles. The number of ether oxygens (including phenoxy) is 1. The van der Waals surface area contributed by atoms with Crippen molar-refractivity contribution in [3.8, 4) is 5.75 Å². The number of aromatic hydroxyl groups is 1. The maximum absolute atomic E-state index is 11.6. The number of esters is 1. The summed E-state index contributed by atoms with van der Waals surface area (Å²) in [6.07, 6.45) is 1.76. The lowest BCUT2D eigenvalue weighted by molar-refractivity contribution is -0.146. The molecule has 0 radical (unpaired) electrons. The number of rotatable bonds is 3. The normalized spacial score (nSPS) is 19.9. The number of phenols is 1. The van der Waals surface area contributed by atoms with Gasteiger partial charge in [0.05, 0.1) is 12.8 Å². The molecule has 1 aliphatic rings. The van der Waals surface area contributed by atoms with Gasteiger partial charge < -0.3 is 15.6 Å². The van der Waals surface area contributed by atoms with Crippen LogP contribution in [0.3, 0.4) is 0 Å². The summed E-state index contributed by atoms with van der Waals surface area (Å²) in [6.45, 7) is 1.34. The minimum absolute atomic E-state index is 0.105. The predicted molar refractivity (Wildman–Crippen MR) is 68.0 cm³/mol. The van der Waals surface area contributed by atoms with Gasteiger partial charge in [-0.05, 0) is 25.5 Å². The number of likely N-dealkylation sites (tertiary alicyclic amines) is 1. The Kier molecular flexibility index (Phi) is 3.72. The molecule has 1 aromatic carbocycles. The first-order valence-electron chi connectivity index (χ1n) is 6.01. The molecule has 0 aliphatic carbocycles. The summed E-state index contributed by atoms with van der Waals surface area (Å²) in [5.41, 5.74) is 6.76. The Morgan fingerprint density at radius 3 is 3.11 bits per heavy atom. The first-order valence-corrected chi connectivity index (χ1v) is 6.01.